The number of hydrogen-bond acceptors (Lipinski definition) is 10. The standard InChI is InChI=1S/C20H34N2O2S6/c1-13-3-4-15(9-18(13)28-30-20(26)17-11-22-6-8-24-17)14(2)12-27-29-19(25)16-10-21-5-7-23-16/h13-18,21-22H,3-12H2,1-2H3. The van der Waals surface area contributed by atoms with Gasteiger partial charge in [-0.25, -0.2) is 0 Å². The zero-order valence-corrected chi connectivity index (χ0v) is 22.7. The molecule has 3 rings (SSSR count). The molecule has 1 saturated carbocycles. The quantitative estimate of drug-likeness (QED) is 0.340. The first-order valence-corrected chi connectivity index (χ1v) is 16.2. The number of morpholine rings is 2. The van der Waals surface area contributed by atoms with Gasteiger partial charge in [-0.15, -0.1) is 0 Å². The van der Waals surface area contributed by atoms with E-state index in [2.05, 4.69) is 24.5 Å². The van der Waals surface area contributed by atoms with Gasteiger partial charge < -0.3 is 20.1 Å². The molecule has 0 spiro atoms. The number of thiocarbonyl (C=S) groups is 2. The van der Waals surface area contributed by atoms with Gasteiger partial charge in [0.15, 0.2) is 0 Å². The Morgan fingerprint density at radius 3 is 2.23 bits per heavy atom. The van der Waals surface area contributed by atoms with E-state index in [9.17, 15) is 0 Å². The molecule has 2 aliphatic heterocycles. The lowest BCUT2D eigenvalue weighted by Crippen LogP contribution is -2.41. The SMILES string of the molecule is CC(CSSC(=S)C1CNCCO1)C1CCC(C)C(SSC(=S)C2CNCCO2)C1. The summed E-state index contributed by atoms with van der Waals surface area (Å²) in [6.45, 7) is 9.91. The van der Waals surface area contributed by atoms with Crippen LogP contribution in [0.25, 0.3) is 0 Å². The van der Waals surface area contributed by atoms with Gasteiger partial charge in [-0.2, -0.15) is 0 Å². The highest BCUT2D eigenvalue weighted by Gasteiger charge is 2.32. The summed E-state index contributed by atoms with van der Waals surface area (Å²) in [4.78, 5) is 0. The maximum Gasteiger partial charge on any atom is 0.112 e. The lowest BCUT2D eigenvalue weighted by Gasteiger charge is -2.36. The Hall–Kier alpha value is 1.42. The molecule has 6 atom stereocenters. The van der Waals surface area contributed by atoms with Crippen LogP contribution in [0.4, 0.5) is 0 Å². The molecular weight excluding hydrogens is 493 g/mol. The molecule has 30 heavy (non-hydrogen) atoms. The summed E-state index contributed by atoms with van der Waals surface area (Å²) in [5.41, 5.74) is 0. The first-order valence-electron chi connectivity index (χ1n) is 10.9. The van der Waals surface area contributed by atoms with Gasteiger partial charge in [-0.05, 0) is 58.6 Å². The third-order valence-corrected chi connectivity index (χ3v) is 13.2. The van der Waals surface area contributed by atoms with Crippen LogP contribution < -0.4 is 10.6 Å². The van der Waals surface area contributed by atoms with Crippen molar-refractivity contribution in [3.05, 3.63) is 0 Å². The fourth-order valence-electron chi connectivity index (χ4n) is 3.95. The van der Waals surface area contributed by atoms with Crippen LogP contribution >= 0.6 is 67.6 Å². The lowest BCUT2D eigenvalue weighted by molar-refractivity contribution is 0.0743. The average molecular weight is 527 g/mol. The minimum atomic E-state index is 0.0838. The molecule has 0 bridgehead atoms. The molecule has 0 aromatic rings. The molecule has 2 heterocycles. The van der Waals surface area contributed by atoms with E-state index < -0.39 is 0 Å². The van der Waals surface area contributed by atoms with Gasteiger partial charge in [0, 0.05) is 37.2 Å². The van der Waals surface area contributed by atoms with Crippen LogP contribution in [-0.4, -0.2) is 71.0 Å². The van der Waals surface area contributed by atoms with Crippen molar-refractivity contribution in [3.63, 3.8) is 0 Å². The second kappa shape index (κ2) is 14.0. The summed E-state index contributed by atoms with van der Waals surface area (Å²) in [6.07, 6.45) is 4.12. The summed E-state index contributed by atoms with van der Waals surface area (Å²) >= 11 is 11.2. The van der Waals surface area contributed by atoms with Gasteiger partial charge in [0.1, 0.15) is 12.2 Å². The Balaban J connectivity index is 1.36. The zero-order chi connectivity index (χ0) is 21.3. The monoisotopic (exact) mass is 526 g/mol. The van der Waals surface area contributed by atoms with Gasteiger partial charge in [0.25, 0.3) is 0 Å². The van der Waals surface area contributed by atoms with Gasteiger partial charge in [0.05, 0.1) is 21.6 Å². The number of hydrogen-bond donors (Lipinski definition) is 2. The number of nitrogens with one attached hydrogen (secondary N) is 2. The maximum atomic E-state index is 5.81. The first-order chi connectivity index (χ1) is 14.5. The van der Waals surface area contributed by atoms with Crippen molar-refractivity contribution in [2.45, 2.75) is 50.6 Å². The minimum absolute atomic E-state index is 0.0838. The van der Waals surface area contributed by atoms with Crippen LogP contribution in [-0.2, 0) is 9.47 Å². The van der Waals surface area contributed by atoms with Gasteiger partial charge in [0.2, 0.25) is 0 Å². The van der Waals surface area contributed by atoms with E-state index in [1.807, 2.05) is 21.6 Å². The molecule has 3 aliphatic rings. The van der Waals surface area contributed by atoms with E-state index in [1.54, 1.807) is 21.6 Å². The van der Waals surface area contributed by atoms with Crippen molar-refractivity contribution in [1.82, 2.24) is 10.6 Å². The second-order valence-electron chi connectivity index (χ2n) is 8.38. The van der Waals surface area contributed by atoms with Crippen molar-refractivity contribution >= 4 is 76.0 Å². The summed E-state index contributed by atoms with van der Waals surface area (Å²) in [5, 5.41) is 7.40. The third-order valence-electron chi connectivity index (χ3n) is 6.07. The molecule has 0 amide bonds. The molecule has 0 aromatic carbocycles. The Bertz CT molecular complexity index is 557. The van der Waals surface area contributed by atoms with E-state index in [4.69, 9.17) is 33.9 Å². The fourth-order valence-corrected chi connectivity index (χ4v) is 10.4. The summed E-state index contributed by atoms with van der Waals surface area (Å²) < 4.78 is 13.5. The highest BCUT2D eigenvalue weighted by atomic mass is 33.1. The van der Waals surface area contributed by atoms with Crippen molar-refractivity contribution in [2.24, 2.45) is 17.8 Å². The Labute approximate surface area is 208 Å². The van der Waals surface area contributed by atoms with Gasteiger partial charge in [-0.1, -0.05) is 59.9 Å². The summed E-state index contributed by atoms with van der Waals surface area (Å²) in [7, 11) is 7.42. The normalized spacial score (nSPS) is 33.7. The van der Waals surface area contributed by atoms with E-state index >= 15 is 0 Å². The summed E-state index contributed by atoms with van der Waals surface area (Å²) in [6, 6.07) is 0. The predicted octanol–water partition coefficient (Wildman–Crippen LogP) is 4.82. The Morgan fingerprint density at radius 1 is 1.00 bits per heavy atom. The van der Waals surface area contributed by atoms with Gasteiger partial charge in [-0.3, -0.25) is 0 Å². The fraction of sp³-hybridized carbons (Fsp3) is 0.900. The van der Waals surface area contributed by atoms with Crippen LogP contribution in [0.15, 0.2) is 0 Å². The molecule has 10 heteroatoms. The smallest absolute Gasteiger partial charge is 0.112 e. The molecule has 172 valence electrons. The van der Waals surface area contributed by atoms with E-state index in [1.165, 1.54) is 19.3 Å². The van der Waals surface area contributed by atoms with Crippen LogP contribution in [0.2, 0.25) is 0 Å². The molecule has 0 aromatic heterocycles. The van der Waals surface area contributed by atoms with Crippen LogP contribution in [0.3, 0.4) is 0 Å². The number of rotatable bonds is 8. The Morgan fingerprint density at radius 2 is 1.63 bits per heavy atom. The zero-order valence-electron chi connectivity index (χ0n) is 17.8. The third kappa shape index (κ3) is 8.33. The molecule has 2 saturated heterocycles. The van der Waals surface area contributed by atoms with E-state index in [0.29, 0.717) is 11.2 Å². The first kappa shape index (κ1) is 26.0. The summed E-state index contributed by atoms with van der Waals surface area (Å²) in [5.74, 6) is 3.39. The van der Waals surface area contributed by atoms with Crippen LogP contribution in [0.1, 0.15) is 33.1 Å². The Kier molecular flexibility index (Phi) is 12.1. The van der Waals surface area contributed by atoms with Crippen LogP contribution in [0.5, 0.6) is 0 Å². The molecule has 4 nitrogen and oxygen atoms in total. The molecular formula is C20H34N2O2S6. The molecule has 1 aliphatic carbocycles. The second-order valence-corrected chi connectivity index (χ2v) is 14.6. The minimum Gasteiger partial charge on any atom is -0.369 e. The molecule has 6 unspecified atom stereocenters. The lowest BCUT2D eigenvalue weighted by atomic mass is 9.77. The maximum absolute atomic E-state index is 5.81. The van der Waals surface area contributed by atoms with Crippen molar-refractivity contribution < 1.29 is 9.47 Å². The van der Waals surface area contributed by atoms with E-state index in [0.717, 1.165) is 65.4 Å². The van der Waals surface area contributed by atoms with Crippen molar-refractivity contribution in [3.8, 4) is 0 Å². The highest BCUT2D eigenvalue weighted by molar-refractivity contribution is 8.84. The van der Waals surface area contributed by atoms with E-state index in [-0.39, 0.29) is 12.2 Å². The van der Waals surface area contributed by atoms with Crippen molar-refractivity contribution in [2.75, 3.05) is 45.1 Å². The predicted molar refractivity (Wildman–Crippen MR) is 145 cm³/mol. The number of ether oxygens (including phenoxy) is 2. The molecule has 2 N–H and O–H groups in total. The molecule has 0 radical (unpaired) electrons. The van der Waals surface area contributed by atoms with Gasteiger partial charge >= 0.3 is 0 Å². The highest BCUT2D eigenvalue weighted by Crippen LogP contribution is 2.45. The molecule has 3 fully saturated rings. The largest absolute Gasteiger partial charge is 0.369 e. The van der Waals surface area contributed by atoms with Crippen molar-refractivity contribution in [1.29, 1.82) is 0 Å². The average Bonchev–Trinajstić information content (AvgIpc) is 2.79. The van der Waals surface area contributed by atoms with Crippen LogP contribution in [0, 0.1) is 17.8 Å². The topological polar surface area (TPSA) is 42.5 Å².